The molecule has 5 heteroatoms. The van der Waals surface area contributed by atoms with Crippen LogP contribution in [-0.2, 0) is 9.53 Å². The Bertz CT molecular complexity index is 790. The van der Waals surface area contributed by atoms with Gasteiger partial charge in [0.2, 0.25) is 5.90 Å². The molecule has 0 unspecified atom stereocenters. The fourth-order valence-corrected chi connectivity index (χ4v) is 2.37. The lowest BCUT2D eigenvalue weighted by Gasteiger charge is -2.00. The Labute approximate surface area is 137 Å². The highest BCUT2D eigenvalue weighted by molar-refractivity contribution is 6.51. The summed E-state index contributed by atoms with van der Waals surface area (Å²) in [5.41, 5.74) is 2.60. The van der Waals surface area contributed by atoms with E-state index >= 15 is 0 Å². The first-order valence-corrected chi connectivity index (χ1v) is 7.34. The molecule has 0 atom stereocenters. The number of hydrogen-bond acceptors (Lipinski definition) is 3. The highest BCUT2D eigenvalue weighted by atomic mass is 35.5. The summed E-state index contributed by atoms with van der Waals surface area (Å²) in [6.07, 6.45) is 0. The van der Waals surface area contributed by atoms with Gasteiger partial charge in [-0.1, -0.05) is 53.0 Å². The van der Waals surface area contributed by atoms with E-state index < -0.39 is 5.97 Å². The van der Waals surface area contributed by atoms with Gasteiger partial charge in [-0.3, -0.25) is 0 Å². The highest BCUT2D eigenvalue weighted by Gasteiger charge is 2.27. The van der Waals surface area contributed by atoms with Crippen LogP contribution in [0.15, 0.2) is 59.2 Å². The second-order valence-corrected chi connectivity index (χ2v) is 5.66. The van der Waals surface area contributed by atoms with Crippen LogP contribution in [0.3, 0.4) is 0 Å². The van der Waals surface area contributed by atoms with Crippen molar-refractivity contribution in [1.29, 1.82) is 0 Å². The van der Waals surface area contributed by atoms with Crippen LogP contribution < -0.4 is 0 Å². The lowest BCUT2D eigenvalue weighted by atomic mass is 10.1. The maximum atomic E-state index is 12.0. The smallest absolute Gasteiger partial charge is 0.365 e. The monoisotopic (exact) mass is 331 g/mol. The second kappa shape index (κ2) is 5.95. The lowest BCUT2D eigenvalue weighted by Crippen LogP contribution is -2.05. The molecule has 0 saturated heterocycles. The molecule has 22 heavy (non-hydrogen) atoms. The van der Waals surface area contributed by atoms with E-state index in [1.807, 2.05) is 31.2 Å². The lowest BCUT2D eigenvalue weighted by molar-refractivity contribution is -0.129. The van der Waals surface area contributed by atoms with Crippen molar-refractivity contribution in [3.63, 3.8) is 0 Å². The molecule has 0 aromatic heterocycles. The quantitative estimate of drug-likeness (QED) is 0.597. The van der Waals surface area contributed by atoms with Gasteiger partial charge < -0.3 is 4.74 Å². The number of aryl methyl sites for hydroxylation is 1. The van der Waals surface area contributed by atoms with E-state index in [0.29, 0.717) is 10.6 Å². The zero-order valence-electron chi connectivity index (χ0n) is 11.6. The maximum absolute atomic E-state index is 12.0. The van der Waals surface area contributed by atoms with Crippen LogP contribution in [0, 0.1) is 6.92 Å². The number of carbonyl (C=O) groups is 1. The molecule has 0 bridgehead atoms. The van der Waals surface area contributed by atoms with E-state index in [0.717, 1.165) is 11.1 Å². The van der Waals surface area contributed by atoms with Crippen LogP contribution in [-0.4, -0.2) is 11.9 Å². The van der Waals surface area contributed by atoms with Crippen LogP contribution in [0.4, 0.5) is 0 Å². The largest absolute Gasteiger partial charge is 0.402 e. The van der Waals surface area contributed by atoms with Crippen LogP contribution in [0.1, 0.15) is 16.7 Å². The summed E-state index contributed by atoms with van der Waals surface area (Å²) in [6, 6.07) is 14.4. The van der Waals surface area contributed by atoms with Gasteiger partial charge >= 0.3 is 5.97 Å². The predicted molar refractivity (Wildman–Crippen MR) is 88.0 cm³/mol. The van der Waals surface area contributed by atoms with E-state index in [1.165, 1.54) is 0 Å². The predicted octanol–water partition coefficient (Wildman–Crippen LogP) is 4.56. The minimum atomic E-state index is -0.560. The van der Waals surface area contributed by atoms with Crippen molar-refractivity contribution in [2.24, 2.45) is 4.99 Å². The topological polar surface area (TPSA) is 38.7 Å². The van der Waals surface area contributed by atoms with Crippen LogP contribution >= 0.6 is 23.2 Å². The molecule has 1 aliphatic rings. The first-order chi connectivity index (χ1) is 10.5. The molecular formula is C17H11Cl2NO2. The standard InChI is InChI=1S/C17H11Cl2NO2/c1-10-2-4-12(5-3-10)16-20-15(17(21)22-16)14(19)11-6-8-13(18)9-7-11/h2-9H,1H3/b15-14+. The zero-order valence-corrected chi connectivity index (χ0v) is 13.2. The van der Waals surface area contributed by atoms with Gasteiger partial charge in [0.1, 0.15) is 0 Å². The highest BCUT2D eigenvalue weighted by Crippen LogP contribution is 2.29. The third kappa shape index (κ3) is 2.91. The van der Waals surface area contributed by atoms with Gasteiger partial charge in [0, 0.05) is 10.6 Å². The number of nitrogens with zero attached hydrogens (tertiary/aromatic N) is 1. The zero-order chi connectivity index (χ0) is 15.7. The Hall–Kier alpha value is -2.10. The molecule has 3 nitrogen and oxygen atoms in total. The Balaban J connectivity index is 2.00. The Morgan fingerprint density at radius 1 is 1.05 bits per heavy atom. The number of ether oxygens (including phenoxy) is 1. The van der Waals surface area contributed by atoms with Crippen LogP contribution in [0.2, 0.25) is 5.02 Å². The second-order valence-electron chi connectivity index (χ2n) is 4.84. The summed E-state index contributed by atoms with van der Waals surface area (Å²) >= 11 is 12.1. The van der Waals surface area contributed by atoms with E-state index in [4.69, 9.17) is 27.9 Å². The van der Waals surface area contributed by atoms with E-state index in [2.05, 4.69) is 4.99 Å². The third-order valence-corrected chi connectivity index (χ3v) is 3.85. The van der Waals surface area contributed by atoms with Gasteiger partial charge in [-0.05, 0) is 36.8 Å². The molecule has 1 heterocycles. The number of benzene rings is 2. The maximum Gasteiger partial charge on any atom is 0.365 e. The van der Waals surface area contributed by atoms with Crippen molar-refractivity contribution >= 4 is 40.1 Å². The van der Waals surface area contributed by atoms with Crippen molar-refractivity contribution in [2.75, 3.05) is 0 Å². The summed E-state index contributed by atoms with van der Waals surface area (Å²) in [4.78, 5) is 16.2. The summed E-state index contributed by atoms with van der Waals surface area (Å²) in [5, 5.41) is 0.833. The van der Waals surface area contributed by atoms with Crippen LogP contribution in [0.5, 0.6) is 0 Å². The molecule has 0 amide bonds. The summed E-state index contributed by atoms with van der Waals surface area (Å²) < 4.78 is 5.21. The summed E-state index contributed by atoms with van der Waals surface area (Å²) in [7, 11) is 0. The molecule has 110 valence electrons. The molecule has 3 rings (SSSR count). The number of aliphatic imine (C=N–C) groups is 1. The number of carbonyl (C=O) groups excluding carboxylic acids is 1. The number of cyclic esters (lactones) is 1. The molecule has 2 aromatic rings. The summed E-state index contributed by atoms with van der Waals surface area (Å²) in [5.74, 6) is -0.303. The minimum Gasteiger partial charge on any atom is -0.402 e. The van der Waals surface area contributed by atoms with Crippen LogP contribution in [0.25, 0.3) is 5.03 Å². The SMILES string of the molecule is Cc1ccc(C2=N/C(=C(/Cl)c3ccc(Cl)cc3)C(=O)O2)cc1. The Morgan fingerprint density at radius 2 is 1.68 bits per heavy atom. The van der Waals surface area contributed by atoms with Crippen molar-refractivity contribution in [2.45, 2.75) is 6.92 Å². The third-order valence-electron chi connectivity index (χ3n) is 3.20. The molecule has 0 N–H and O–H groups in total. The van der Waals surface area contributed by atoms with Gasteiger partial charge in [-0.2, -0.15) is 0 Å². The van der Waals surface area contributed by atoms with Gasteiger partial charge in [-0.25, -0.2) is 9.79 Å². The van der Waals surface area contributed by atoms with Gasteiger partial charge in [0.05, 0.1) is 5.03 Å². The van der Waals surface area contributed by atoms with Gasteiger partial charge in [-0.15, -0.1) is 0 Å². The molecule has 1 aliphatic heterocycles. The number of hydrogen-bond donors (Lipinski definition) is 0. The fourth-order valence-electron chi connectivity index (χ4n) is 2.00. The minimum absolute atomic E-state index is 0.0968. The van der Waals surface area contributed by atoms with Gasteiger partial charge in [0.25, 0.3) is 0 Å². The van der Waals surface area contributed by atoms with Crippen molar-refractivity contribution in [3.05, 3.63) is 75.9 Å². The number of rotatable bonds is 2. The molecule has 0 aliphatic carbocycles. The fraction of sp³-hybridized carbons (Fsp3) is 0.0588. The first kappa shape index (κ1) is 14.8. The van der Waals surface area contributed by atoms with Crippen molar-refractivity contribution < 1.29 is 9.53 Å². The van der Waals surface area contributed by atoms with E-state index in [1.54, 1.807) is 24.3 Å². The Kier molecular flexibility index (Phi) is 4.01. The Morgan fingerprint density at radius 3 is 2.32 bits per heavy atom. The molecule has 0 spiro atoms. The molecule has 0 saturated carbocycles. The normalized spacial score (nSPS) is 16.3. The number of esters is 1. The molecule has 0 radical (unpaired) electrons. The molecule has 0 fully saturated rings. The first-order valence-electron chi connectivity index (χ1n) is 6.58. The van der Waals surface area contributed by atoms with Gasteiger partial charge in [0.15, 0.2) is 5.70 Å². The van der Waals surface area contributed by atoms with Crippen molar-refractivity contribution in [3.8, 4) is 0 Å². The average molecular weight is 332 g/mol. The van der Waals surface area contributed by atoms with Crippen molar-refractivity contribution in [1.82, 2.24) is 0 Å². The number of halogens is 2. The summed E-state index contributed by atoms with van der Waals surface area (Å²) in [6.45, 7) is 1.98. The molecule has 2 aromatic carbocycles. The average Bonchev–Trinajstić information content (AvgIpc) is 2.90. The van der Waals surface area contributed by atoms with E-state index in [-0.39, 0.29) is 16.6 Å². The van der Waals surface area contributed by atoms with E-state index in [9.17, 15) is 4.79 Å². The molecular weight excluding hydrogens is 321 g/mol.